The van der Waals surface area contributed by atoms with Gasteiger partial charge in [-0.1, -0.05) is 0 Å². The van der Waals surface area contributed by atoms with E-state index in [0.717, 1.165) is 25.0 Å². The van der Waals surface area contributed by atoms with E-state index < -0.39 is 10.5 Å². The number of pyridine rings is 1. The van der Waals surface area contributed by atoms with E-state index in [-0.39, 0.29) is 29.0 Å². The summed E-state index contributed by atoms with van der Waals surface area (Å²) in [5.41, 5.74) is -0.382. The molecule has 2 atom stereocenters. The average Bonchev–Trinajstić information content (AvgIpc) is 3.30. The van der Waals surface area contributed by atoms with Gasteiger partial charge in [0.1, 0.15) is 0 Å². The molecule has 3 aliphatic heterocycles. The molecule has 9 heteroatoms. The molecule has 0 aliphatic carbocycles. The lowest BCUT2D eigenvalue weighted by molar-refractivity contribution is -0.386. The first kappa shape index (κ1) is 20.0. The number of carbonyl (C=O) groups is 1. The number of nitrogens with zero attached hydrogens (tertiary/aromatic N) is 4. The van der Waals surface area contributed by atoms with Gasteiger partial charge in [0.05, 0.1) is 16.9 Å². The molecule has 0 saturated carbocycles. The summed E-state index contributed by atoms with van der Waals surface area (Å²) in [4.78, 5) is 38.5. The standard InChI is InChI=1S/C22H26N4O5/c27-20(12-22(5-9-31-10-6-22)24-7-1-2-8-24)23-13-16-11-17(15-23)18-3-4-19(26(29)30)21(28)25(18)14-16/h1-4,7-8,16-17H,5-6,9-15H2/t16-,17+/m1/s1. The highest BCUT2D eigenvalue weighted by atomic mass is 16.6. The van der Waals surface area contributed by atoms with Crippen LogP contribution in [0.2, 0.25) is 0 Å². The van der Waals surface area contributed by atoms with Gasteiger partial charge < -0.3 is 18.8 Å². The summed E-state index contributed by atoms with van der Waals surface area (Å²) in [6.45, 7) is 2.84. The molecular weight excluding hydrogens is 400 g/mol. The summed E-state index contributed by atoms with van der Waals surface area (Å²) < 4.78 is 9.28. The fourth-order valence-electron chi connectivity index (χ4n) is 5.60. The summed E-state index contributed by atoms with van der Waals surface area (Å²) in [5.74, 6) is 0.289. The number of amides is 1. The van der Waals surface area contributed by atoms with E-state index in [1.807, 2.05) is 29.4 Å². The summed E-state index contributed by atoms with van der Waals surface area (Å²) >= 11 is 0. The number of ether oxygens (including phenoxy) is 1. The van der Waals surface area contributed by atoms with Gasteiger partial charge in [-0.2, -0.15) is 0 Å². The number of fused-ring (bicyclic) bond motifs is 4. The van der Waals surface area contributed by atoms with E-state index in [1.165, 1.54) is 6.07 Å². The van der Waals surface area contributed by atoms with Crippen molar-refractivity contribution in [3.63, 3.8) is 0 Å². The highest BCUT2D eigenvalue weighted by Crippen LogP contribution is 2.38. The van der Waals surface area contributed by atoms with Crippen molar-refractivity contribution in [2.75, 3.05) is 26.3 Å². The van der Waals surface area contributed by atoms with Gasteiger partial charge in [0.25, 0.3) is 0 Å². The second kappa shape index (κ2) is 7.64. The molecule has 31 heavy (non-hydrogen) atoms. The zero-order valence-electron chi connectivity index (χ0n) is 17.3. The van der Waals surface area contributed by atoms with Gasteiger partial charge in [-0.3, -0.25) is 19.7 Å². The number of nitro groups is 1. The van der Waals surface area contributed by atoms with Crippen LogP contribution in [0.3, 0.4) is 0 Å². The summed E-state index contributed by atoms with van der Waals surface area (Å²) in [7, 11) is 0. The van der Waals surface area contributed by atoms with Crippen LogP contribution in [0.25, 0.3) is 0 Å². The van der Waals surface area contributed by atoms with Crippen LogP contribution < -0.4 is 5.56 Å². The Bertz CT molecular complexity index is 1050. The number of hydrogen-bond donors (Lipinski definition) is 0. The van der Waals surface area contributed by atoms with Gasteiger partial charge in [0.15, 0.2) is 0 Å². The molecule has 0 N–H and O–H groups in total. The van der Waals surface area contributed by atoms with Crippen LogP contribution in [-0.4, -0.2) is 51.2 Å². The van der Waals surface area contributed by atoms with Crippen LogP contribution in [0.1, 0.15) is 37.3 Å². The Hall–Kier alpha value is -2.94. The van der Waals surface area contributed by atoms with Gasteiger partial charge in [-0.05, 0) is 43.4 Å². The molecule has 0 unspecified atom stereocenters. The number of hydrogen-bond acceptors (Lipinski definition) is 5. The van der Waals surface area contributed by atoms with Gasteiger partial charge in [-0.25, -0.2) is 0 Å². The first-order valence-electron chi connectivity index (χ1n) is 10.8. The van der Waals surface area contributed by atoms with Gasteiger partial charge in [0.2, 0.25) is 5.91 Å². The zero-order chi connectivity index (χ0) is 21.6. The first-order valence-corrected chi connectivity index (χ1v) is 10.8. The average molecular weight is 426 g/mol. The molecule has 2 aromatic rings. The van der Waals surface area contributed by atoms with Crippen molar-refractivity contribution in [2.45, 2.75) is 43.7 Å². The zero-order valence-corrected chi connectivity index (χ0v) is 17.3. The molecule has 9 nitrogen and oxygen atoms in total. The third-order valence-corrected chi connectivity index (χ3v) is 7.19. The van der Waals surface area contributed by atoms with Crippen molar-refractivity contribution in [3.8, 4) is 0 Å². The Morgan fingerprint density at radius 2 is 1.90 bits per heavy atom. The highest BCUT2D eigenvalue weighted by Gasteiger charge is 2.41. The Morgan fingerprint density at radius 1 is 1.16 bits per heavy atom. The maximum absolute atomic E-state index is 13.4. The smallest absolute Gasteiger partial charge is 0.334 e. The molecular formula is C22H26N4O5. The number of aromatic nitrogens is 2. The minimum absolute atomic E-state index is 0.0298. The minimum Gasteiger partial charge on any atom is -0.381 e. The van der Waals surface area contributed by atoms with Crippen molar-refractivity contribution in [2.24, 2.45) is 5.92 Å². The normalized spacial score (nSPS) is 24.5. The topological polar surface area (TPSA) is 99.6 Å². The molecule has 0 spiro atoms. The van der Waals surface area contributed by atoms with Crippen molar-refractivity contribution in [1.29, 1.82) is 0 Å². The fraction of sp³-hybridized carbons (Fsp3) is 0.545. The van der Waals surface area contributed by atoms with Gasteiger partial charge >= 0.3 is 11.2 Å². The van der Waals surface area contributed by atoms with E-state index in [2.05, 4.69) is 4.57 Å². The molecule has 5 rings (SSSR count). The maximum atomic E-state index is 13.4. The van der Waals surface area contributed by atoms with Crippen molar-refractivity contribution < 1.29 is 14.5 Å². The largest absolute Gasteiger partial charge is 0.381 e. The molecule has 2 fully saturated rings. The molecule has 2 aromatic heterocycles. The van der Waals surface area contributed by atoms with E-state index in [0.29, 0.717) is 39.3 Å². The lowest BCUT2D eigenvalue weighted by Gasteiger charge is -2.45. The lowest BCUT2D eigenvalue weighted by Crippen LogP contribution is -2.51. The fourth-order valence-corrected chi connectivity index (χ4v) is 5.60. The summed E-state index contributed by atoms with van der Waals surface area (Å²) in [5, 5.41) is 11.1. The summed E-state index contributed by atoms with van der Waals surface area (Å²) in [6.07, 6.45) is 6.99. The van der Waals surface area contributed by atoms with E-state index in [1.54, 1.807) is 10.6 Å². The molecule has 1 amide bonds. The third-order valence-electron chi connectivity index (χ3n) is 7.19. The van der Waals surface area contributed by atoms with Crippen LogP contribution in [-0.2, 0) is 21.6 Å². The van der Waals surface area contributed by atoms with Gasteiger partial charge in [-0.15, -0.1) is 0 Å². The Labute approximate surface area is 179 Å². The Morgan fingerprint density at radius 3 is 2.61 bits per heavy atom. The molecule has 164 valence electrons. The SMILES string of the molecule is O=C(CC1(n2cccc2)CCOCC1)N1C[C@H]2C[C@@H](C1)c1ccc([N+](=O)[O-])c(=O)n1C2. The summed E-state index contributed by atoms with van der Waals surface area (Å²) in [6, 6.07) is 6.97. The van der Waals surface area contributed by atoms with Crippen molar-refractivity contribution in [1.82, 2.24) is 14.0 Å². The van der Waals surface area contributed by atoms with E-state index in [4.69, 9.17) is 4.74 Å². The predicted octanol–water partition coefficient (Wildman–Crippen LogP) is 2.10. The van der Waals surface area contributed by atoms with E-state index in [9.17, 15) is 19.7 Å². The number of piperidine rings is 1. The predicted molar refractivity (Wildman–Crippen MR) is 112 cm³/mol. The first-order chi connectivity index (χ1) is 15.0. The van der Waals surface area contributed by atoms with Gasteiger partial charge in [0, 0.05) is 62.9 Å². The quantitative estimate of drug-likeness (QED) is 0.551. The van der Waals surface area contributed by atoms with Crippen LogP contribution in [0.4, 0.5) is 5.69 Å². The van der Waals surface area contributed by atoms with Crippen LogP contribution in [0, 0.1) is 16.0 Å². The monoisotopic (exact) mass is 426 g/mol. The molecule has 2 bridgehead atoms. The minimum atomic E-state index is -0.621. The Balaban J connectivity index is 1.38. The second-order valence-electron chi connectivity index (χ2n) is 9.02. The van der Waals surface area contributed by atoms with E-state index >= 15 is 0 Å². The Kier molecular flexibility index (Phi) is 4.92. The molecule has 0 radical (unpaired) electrons. The number of rotatable bonds is 4. The molecule has 2 saturated heterocycles. The van der Waals surface area contributed by atoms with Crippen LogP contribution in [0.5, 0.6) is 0 Å². The van der Waals surface area contributed by atoms with Crippen molar-refractivity contribution in [3.05, 3.63) is 62.8 Å². The maximum Gasteiger partial charge on any atom is 0.334 e. The number of carbonyl (C=O) groups excluding carboxylic acids is 1. The molecule has 3 aliphatic rings. The third kappa shape index (κ3) is 3.46. The number of likely N-dealkylation sites (tertiary alicyclic amines) is 1. The van der Waals surface area contributed by atoms with Crippen molar-refractivity contribution >= 4 is 11.6 Å². The van der Waals surface area contributed by atoms with Crippen LogP contribution in [0.15, 0.2) is 41.5 Å². The molecule has 0 aromatic carbocycles. The van der Waals surface area contributed by atoms with Crippen LogP contribution >= 0.6 is 0 Å². The second-order valence-corrected chi connectivity index (χ2v) is 9.02. The molecule has 5 heterocycles. The lowest BCUT2D eigenvalue weighted by atomic mass is 9.81. The highest BCUT2D eigenvalue weighted by molar-refractivity contribution is 5.77.